The van der Waals surface area contributed by atoms with Crippen LogP contribution in [0.3, 0.4) is 0 Å². The van der Waals surface area contributed by atoms with Crippen LogP contribution in [0.5, 0.6) is 0 Å². The summed E-state index contributed by atoms with van der Waals surface area (Å²) in [5, 5.41) is 0. The zero-order valence-corrected chi connectivity index (χ0v) is 13.6. The van der Waals surface area contributed by atoms with Gasteiger partial charge in [-0.05, 0) is 18.1 Å². The highest BCUT2D eigenvalue weighted by Crippen LogP contribution is 2.17. The number of hydrogen-bond donors (Lipinski definition) is 0. The maximum absolute atomic E-state index is 2.16. The van der Waals surface area contributed by atoms with Crippen LogP contribution in [0.2, 0.25) is 0 Å². The average molecular weight is 438 g/mol. The van der Waals surface area contributed by atoms with E-state index in [-0.39, 0.29) is 0 Å². The summed E-state index contributed by atoms with van der Waals surface area (Å²) in [4.78, 5) is 0. The molecule has 1 aromatic carbocycles. The number of hydrogen-bond acceptors (Lipinski definition) is 0. The van der Waals surface area contributed by atoms with Crippen molar-refractivity contribution in [2.45, 2.75) is 6.92 Å². The first-order valence-corrected chi connectivity index (χ1v) is 11.2. The maximum Gasteiger partial charge on any atom is 0.169 e. The number of nitrogens with zero attached hydrogens (tertiary/aromatic N) is 1. The summed E-state index contributed by atoms with van der Waals surface area (Å²) in [6, 6.07) is 12.9. The average Bonchev–Trinajstić information content (AvgIpc) is 2.34. The molecular weight excluding hydrogens is 424 g/mol. The van der Waals surface area contributed by atoms with Crippen LogP contribution in [0.25, 0.3) is 11.1 Å². The summed E-state index contributed by atoms with van der Waals surface area (Å²) in [5.74, 6) is 0. The van der Waals surface area contributed by atoms with E-state index < -0.39 is 0 Å². The van der Waals surface area contributed by atoms with Crippen molar-refractivity contribution in [2.75, 3.05) is 0 Å². The minimum atomic E-state index is 1.27. The monoisotopic (exact) mass is 438 g/mol. The quantitative estimate of drug-likeness (QED) is 0.463. The fraction of sp³-hybridized carbons (Fsp3) is 0.154. The Morgan fingerprint density at radius 3 is 1.75 bits per heavy atom. The van der Waals surface area contributed by atoms with Crippen molar-refractivity contribution in [3.63, 3.8) is 0 Å². The van der Waals surface area contributed by atoms with Gasteiger partial charge in [-0.25, -0.2) is 4.57 Å². The van der Waals surface area contributed by atoms with Gasteiger partial charge in [0.2, 0.25) is 0 Å². The molecule has 0 N–H and O–H groups in total. The van der Waals surface area contributed by atoms with Crippen LogP contribution in [0.15, 0.2) is 48.8 Å². The normalized spacial score (nSPS) is 9.25. The number of aryl methyl sites for hydroxylation is 2. The predicted octanol–water partition coefficient (Wildman–Crippen LogP) is 4.26. The summed E-state index contributed by atoms with van der Waals surface area (Å²) in [7, 11) is 2.03. The summed E-state index contributed by atoms with van der Waals surface area (Å²) in [6.07, 6.45) is 4.13. The first-order valence-electron chi connectivity index (χ1n) is 4.92. The second kappa shape index (κ2) is 7.21. The molecule has 0 saturated heterocycles. The van der Waals surface area contributed by atoms with Crippen molar-refractivity contribution in [1.82, 2.24) is 0 Å². The molecule has 0 atom stereocenters. The molecule has 0 aliphatic rings. The van der Waals surface area contributed by atoms with Gasteiger partial charge >= 0.3 is 0 Å². The lowest BCUT2D eigenvalue weighted by Gasteiger charge is -2.00. The summed E-state index contributed by atoms with van der Waals surface area (Å²) < 4.78 is 2.04. The standard InChI is InChI=1S/C13H14N.I2/c1-11-3-5-12(6-4-11)13-7-9-14(2)10-8-13;1-2/h3-10H,1-2H3;/q+1;. The minimum Gasteiger partial charge on any atom is -0.208 e. The van der Waals surface area contributed by atoms with Crippen LogP contribution < -0.4 is 4.57 Å². The van der Waals surface area contributed by atoms with Crippen molar-refractivity contribution >= 4 is 37.2 Å². The highest BCUT2D eigenvalue weighted by molar-refractivity contribution is 15.0. The lowest BCUT2D eigenvalue weighted by molar-refractivity contribution is -0.671. The smallest absolute Gasteiger partial charge is 0.169 e. The predicted molar refractivity (Wildman–Crippen MR) is 85.8 cm³/mol. The molecule has 2 rings (SSSR count). The highest BCUT2D eigenvalue weighted by atomic mass is 128. The molecule has 1 heterocycles. The van der Waals surface area contributed by atoms with Gasteiger partial charge in [0.25, 0.3) is 0 Å². The Morgan fingerprint density at radius 1 is 0.812 bits per heavy atom. The topological polar surface area (TPSA) is 3.88 Å². The van der Waals surface area contributed by atoms with Crippen molar-refractivity contribution in [1.29, 1.82) is 0 Å². The third kappa shape index (κ3) is 4.01. The SMILES string of the molecule is Cc1ccc(-c2cc[n+](C)cc2)cc1.II. The number of aromatic nitrogens is 1. The molecule has 0 aliphatic heterocycles. The molecule has 16 heavy (non-hydrogen) atoms. The Bertz CT molecular complexity index is 377. The number of rotatable bonds is 1. The minimum absolute atomic E-state index is 1.27. The fourth-order valence-electron chi connectivity index (χ4n) is 1.44. The molecule has 0 fully saturated rings. The van der Waals surface area contributed by atoms with Crippen molar-refractivity contribution in [3.8, 4) is 11.1 Å². The third-order valence-corrected chi connectivity index (χ3v) is 2.36. The molecular formula is C13H14I2N+. The molecule has 0 aliphatic carbocycles. The number of benzene rings is 1. The molecule has 1 aromatic heterocycles. The number of halogens is 2. The van der Waals surface area contributed by atoms with Crippen LogP contribution in [0.1, 0.15) is 5.56 Å². The van der Waals surface area contributed by atoms with E-state index in [1.165, 1.54) is 16.7 Å². The third-order valence-electron chi connectivity index (χ3n) is 2.36. The molecule has 84 valence electrons. The molecule has 0 spiro atoms. The largest absolute Gasteiger partial charge is 0.208 e. The number of pyridine rings is 1. The lowest BCUT2D eigenvalue weighted by atomic mass is 10.1. The first-order chi connectivity index (χ1) is 7.75. The molecule has 0 radical (unpaired) electrons. The molecule has 0 saturated carbocycles. The van der Waals surface area contributed by atoms with Crippen molar-refractivity contribution in [3.05, 3.63) is 54.4 Å². The van der Waals surface area contributed by atoms with Gasteiger partial charge in [0.05, 0.1) is 0 Å². The Labute approximate surface area is 120 Å². The van der Waals surface area contributed by atoms with Gasteiger partial charge in [0.15, 0.2) is 12.4 Å². The van der Waals surface area contributed by atoms with Crippen molar-refractivity contribution in [2.24, 2.45) is 7.05 Å². The van der Waals surface area contributed by atoms with E-state index in [1.807, 2.05) is 11.6 Å². The molecule has 0 bridgehead atoms. The molecule has 0 amide bonds. The van der Waals surface area contributed by atoms with Crippen LogP contribution in [0, 0.1) is 6.92 Å². The van der Waals surface area contributed by atoms with Crippen LogP contribution in [-0.2, 0) is 7.05 Å². The van der Waals surface area contributed by atoms with Gasteiger partial charge in [0, 0.05) is 49.4 Å². The second-order valence-corrected chi connectivity index (χ2v) is 3.62. The Hall–Kier alpha value is -0.170. The first kappa shape index (κ1) is 13.9. The van der Waals surface area contributed by atoms with Gasteiger partial charge in [0.1, 0.15) is 7.05 Å². The second-order valence-electron chi connectivity index (χ2n) is 3.62. The summed E-state index contributed by atoms with van der Waals surface area (Å²) >= 11 is 4.24. The van der Waals surface area contributed by atoms with E-state index in [9.17, 15) is 0 Å². The summed E-state index contributed by atoms with van der Waals surface area (Å²) in [5.41, 5.74) is 3.84. The summed E-state index contributed by atoms with van der Waals surface area (Å²) in [6.45, 7) is 2.11. The van der Waals surface area contributed by atoms with E-state index in [2.05, 4.69) is 92.9 Å². The van der Waals surface area contributed by atoms with Gasteiger partial charge < -0.3 is 0 Å². The van der Waals surface area contributed by atoms with Crippen molar-refractivity contribution < 1.29 is 4.57 Å². The van der Waals surface area contributed by atoms with Gasteiger partial charge in [-0.1, -0.05) is 29.8 Å². The van der Waals surface area contributed by atoms with E-state index in [0.717, 1.165) is 0 Å². The Balaban J connectivity index is 0.000000606. The molecule has 1 nitrogen and oxygen atoms in total. The molecule has 0 unspecified atom stereocenters. The highest BCUT2D eigenvalue weighted by Gasteiger charge is 1.98. The molecule has 3 heteroatoms. The van der Waals surface area contributed by atoms with Gasteiger partial charge in [-0.3, -0.25) is 0 Å². The van der Waals surface area contributed by atoms with E-state index >= 15 is 0 Å². The lowest BCUT2D eigenvalue weighted by Crippen LogP contribution is -2.25. The van der Waals surface area contributed by atoms with Gasteiger partial charge in [-0.2, -0.15) is 0 Å². The Kier molecular flexibility index (Phi) is 6.26. The van der Waals surface area contributed by atoms with E-state index in [4.69, 9.17) is 0 Å². The molecule has 2 aromatic rings. The van der Waals surface area contributed by atoms with Crippen LogP contribution in [-0.4, -0.2) is 0 Å². The van der Waals surface area contributed by atoms with Gasteiger partial charge in [-0.15, -0.1) is 0 Å². The Morgan fingerprint density at radius 2 is 1.25 bits per heavy atom. The zero-order valence-electron chi connectivity index (χ0n) is 9.32. The van der Waals surface area contributed by atoms with Crippen LogP contribution >= 0.6 is 37.2 Å². The maximum atomic E-state index is 2.16. The van der Waals surface area contributed by atoms with Crippen LogP contribution in [0.4, 0.5) is 0 Å². The fourth-order valence-corrected chi connectivity index (χ4v) is 1.44. The van der Waals surface area contributed by atoms with E-state index in [1.54, 1.807) is 0 Å². The van der Waals surface area contributed by atoms with E-state index in [0.29, 0.717) is 0 Å². The zero-order chi connectivity index (χ0) is 12.0.